The smallest absolute Gasteiger partial charge is 0.269 e. The molecule has 1 unspecified atom stereocenters. The normalized spacial score (nSPS) is 12.0. The third-order valence-electron chi connectivity index (χ3n) is 3.41. The number of nitrogens with zero attached hydrogens (tertiary/aromatic N) is 1. The van der Waals surface area contributed by atoms with Crippen molar-refractivity contribution in [3.63, 3.8) is 0 Å². The Labute approximate surface area is 123 Å². The molecule has 0 heterocycles. The topological polar surface area (TPSA) is 75.4 Å². The number of para-hydroxylation sites is 1. The molecule has 0 saturated heterocycles. The number of phenolic OH excluding ortho intramolecular Hbond substituents is 1. The number of rotatable bonds is 6. The maximum Gasteiger partial charge on any atom is 0.269 e. The first-order valence-corrected chi connectivity index (χ1v) is 6.82. The van der Waals surface area contributed by atoms with Crippen LogP contribution in [0.3, 0.4) is 0 Å². The fourth-order valence-corrected chi connectivity index (χ4v) is 2.18. The lowest BCUT2D eigenvalue weighted by atomic mass is 10.1. The van der Waals surface area contributed by atoms with Gasteiger partial charge in [-0.1, -0.05) is 30.3 Å². The summed E-state index contributed by atoms with van der Waals surface area (Å²) >= 11 is 0. The summed E-state index contributed by atoms with van der Waals surface area (Å²) in [6.07, 6.45) is 0.774. The van der Waals surface area contributed by atoms with Crippen LogP contribution in [-0.4, -0.2) is 16.6 Å². The van der Waals surface area contributed by atoms with E-state index in [1.165, 1.54) is 12.1 Å². The molecule has 0 aliphatic heterocycles. The van der Waals surface area contributed by atoms with Gasteiger partial charge >= 0.3 is 0 Å². The molecule has 21 heavy (non-hydrogen) atoms. The number of benzene rings is 2. The van der Waals surface area contributed by atoms with Crippen molar-refractivity contribution in [1.29, 1.82) is 0 Å². The molecule has 2 aromatic carbocycles. The number of hydrogen-bond acceptors (Lipinski definition) is 4. The monoisotopic (exact) mass is 286 g/mol. The van der Waals surface area contributed by atoms with Crippen LogP contribution >= 0.6 is 0 Å². The third kappa shape index (κ3) is 4.03. The SMILES string of the molecule is CC(NCCc1ccc([N+](=O)[O-])cc1)c1ccccc1O. The van der Waals surface area contributed by atoms with Gasteiger partial charge in [-0.2, -0.15) is 0 Å². The summed E-state index contributed by atoms with van der Waals surface area (Å²) in [6, 6.07) is 13.9. The minimum Gasteiger partial charge on any atom is -0.508 e. The Balaban J connectivity index is 1.86. The highest BCUT2D eigenvalue weighted by Crippen LogP contribution is 2.22. The van der Waals surface area contributed by atoms with Crippen molar-refractivity contribution in [3.8, 4) is 5.75 Å². The molecular formula is C16H18N2O3. The van der Waals surface area contributed by atoms with Gasteiger partial charge in [0.1, 0.15) is 5.75 Å². The second-order valence-electron chi connectivity index (χ2n) is 4.91. The van der Waals surface area contributed by atoms with Crippen LogP contribution in [0.5, 0.6) is 5.75 Å². The molecule has 0 radical (unpaired) electrons. The van der Waals surface area contributed by atoms with Gasteiger partial charge in [-0.15, -0.1) is 0 Å². The Morgan fingerprint density at radius 2 is 1.86 bits per heavy atom. The first-order chi connectivity index (χ1) is 10.1. The molecule has 110 valence electrons. The van der Waals surface area contributed by atoms with E-state index in [4.69, 9.17) is 0 Å². The van der Waals surface area contributed by atoms with Crippen LogP contribution in [0.2, 0.25) is 0 Å². The van der Waals surface area contributed by atoms with Crippen LogP contribution in [0.25, 0.3) is 0 Å². The number of nitrogens with one attached hydrogen (secondary N) is 1. The third-order valence-corrected chi connectivity index (χ3v) is 3.41. The molecule has 0 fully saturated rings. The average Bonchev–Trinajstić information content (AvgIpc) is 2.48. The van der Waals surface area contributed by atoms with Crippen LogP contribution in [-0.2, 0) is 6.42 Å². The molecule has 5 heteroatoms. The van der Waals surface area contributed by atoms with E-state index in [9.17, 15) is 15.2 Å². The molecular weight excluding hydrogens is 268 g/mol. The number of nitro benzene ring substituents is 1. The van der Waals surface area contributed by atoms with E-state index in [2.05, 4.69) is 5.32 Å². The van der Waals surface area contributed by atoms with E-state index in [0.717, 1.165) is 24.1 Å². The van der Waals surface area contributed by atoms with Gasteiger partial charge in [0.25, 0.3) is 5.69 Å². The molecule has 0 aromatic heterocycles. The van der Waals surface area contributed by atoms with E-state index in [-0.39, 0.29) is 17.5 Å². The van der Waals surface area contributed by atoms with Crippen LogP contribution in [0.4, 0.5) is 5.69 Å². The zero-order valence-corrected chi connectivity index (χ0v) is 11.8. The standard InChI is InChI=1S/C16H18N2O3/c1-12(15-4-2-3-5-16(15)19)17-11-10-13-6-8-14(9-7-13)18(20)21/h2-9,12,17,19H,10-11H2,1H3. The van der Waals surface area contributed by atoms with Gasteiger partial charge in [-0.25, -0.2) is 0 Å². The van der Waals surface area contributed by atoms with E-state index in [1.54, 1.807) is 24.3 Å². The van der Waals surface area contributed by atoms with Crippen molar-refractivity contribution in [3.05, 3.63) is 69.8 Å². The Bertz CT molecular complexity index is 611. The minimum atomic E-state index is -0.401. The average molecular weight is 286 g/mol. The number of nitro groups is 1. The lowest BCUT2D eigenvalue weighted by Crippen LogP contribution is -2.21. The van der Waals surface area contributed by atoms with E-state index < -0.39 is 4.92 Å². The summed E-state index contributed by atoms with van der Waals surface area (Å²) in [6.45, 7) is 2.72. The summed E-state index contributed by atoms with van der Waals surface area (Å²) in [7, 11) is 0. The van der Waals surface area contributed by atoms with Gasteiger partial charge in [0.15, 0.2) is 0 Å². The van der Waals surface area contributed by atoms with Gasteiger partial charge in [-0.05, 0) is 31.5 Å². The predicted molar refractivity (Wildman–Crippen MR) is 81.3 cm³/mol. The van der Waals surface area contributed by atoms with Gasteiger partial charge in [-0.3, -0.25) is 10.1 Å². The molecule has 0 bridgehead atoms. The minimum absolute atomic E-state index is 0.0456. The summed E-state index contributed by atoms with van der Waals surface area (Å²) in [5.41, 5.74) is 2.01. The molecule has 0 saturated carbocycles. The van der Waals surface area contributed by atoms with Crippen LogP contribution in [0, 0.1) is 10.1 Å². The highest BCUT2D eigenvalue weighted by molar-refractivity contribution is 5.34. The van der Waals surface area contributed by atoms with Crippen LogP contribution in [0.1, 0.15) is 24.1 Å². The zero-order chi connectivity index (χ0) is 15.2. The number of aromatic hydroxyl groups is 1. The molecule has 0 aliphatic carbocycles. The second-order valence-corrected chi connectivity index (χ2v) is 4.91. The first-order valence-electron chi connectivity index (χ1n) is 6.82. The summed E-state index contributed by atoms with van der Waals surface area (Å²) in [5, 5.41) is 23.7. The number of phenols is 1. The van der Waals surface area contributed by atoms with Gasteiger partial charge in [0, 0.05) is 23.7 Å². The van der Waals surface area contributed by atoms with Crippen molar-refractivity contribution >= 4 is 5.69 Å². The first kappa shape index (κ1) is 15.0. The predicted octanol–water partition coefficient (Wildman–Crippen LogP) is 3.19. The lowest BCUT2D eigenvalue weighted by Gasteiger charge is -2.15. The highest BCUT2D eigenvalue weighted by Gasteiger charge is 2.09. The molecule has 0 spiro atoms. The summed E-state index contributed by atoms with van der Waals surface area (Å²) in [4.78, 5) is 10.2. The van der Waals surface area contributed by atoms with E-state index >= 15 is 0 Å². The largest absolute Gasteiger partial charge is 0.508 e. The van der Waals surface area contributed by atoms with E-state index in [1.807, 2.05) is 19.1 Å². The molecule has 0 amide bonds. The van der Waals surface area contributed by atoms with E-state index in [0.29, 0.717) is 0 Å². The number of non-ortho nitro benzene ring substituents is 1. The zero-order valence-electron chi connectivity index (χ0n) is 11.8. The molecule has 2 N–H and O–H groups in total. The molecule has 2 aromatic rings. The quantitative estimate of drug-likeness (QED) is 0.631. The van der Waals surface area contributed by atoms with Crippen LogP contribution in [0.15, 0.2) is 48.5 Å². The van der Waals surface area contributed by atoms with Gasteiger partial charge in [0.05, 0.1) is 4.92 Å². The Hall–Kier alpha value is -2.40. The molecule has 5 nitrogen and oxygen atoms in total. The van der Waals surface area contributed by atoms with Gasteiger partial charge in [0.2, 0.25) is 0 Å². The molecule has 1 atom stereocenters. The molecule has 0 aliphatic rings. The Morgan fingerprint density at radius 1 is 1.19 bits per heavy atom. The highest BCUT2D eigenvalue weighted by atomic mass is 16.6. The van der Waals surface area contributed by atoms with Gasteiger partial charge < -0.3 is 10.4 Å². The summed E-state index contributed by atoms with van der Waals surface area (Å²) < 4.78 is 0. The van der Waals surface area contributed by atoms with Crippen molar-refractivity contribution in [2.24, 2.45) is 0 Å². The van der Waals surface area contributed by atoms with Crippen LogP contribution < -0.4 is 5.32 Å². The Kier molecular flexibility index (Phi) is 4.90. The van der Waals surface area contributed by atoms with Crippen molar-refractivity contribution in [1.82, 2.24) is 5.32 Å². The van der Waals surface area contributed by atoms with Crippen molar-refractivity contribution in [2.75, 3.05) is 6.54 Å². The van der Waals surface area contributed by atoms with Crippen molar-refractivity contribution < 1.29 is 10.0 Å². The molecule has 2 rings (SSSR count). The summed E-state index contributed by atoms with van der Waals surface area (Å²) in [5.74, 6) is 0.285. The van der Waals surface area contributed by atoms with Crippen molar-refractivity contribution in [2.45, 2.75) is 19.4 Å². The second kappa shape index (κ2) is 6.85. The number of hydrogen-bond donors (Lipinski definition) is 2. The fraction of sp³-hybridized carbons (Fsp3) is 0.250. The fourth-order valence-electron chi connectivity index (χ4n) is 2.18. The maximum atomic E-state index is 10.6. The lowest BCUT2D eigenvalue weighted by molar-refractivity contribution is -0.384. The Morgan fingerprint density at radius 3 is 2.48 bits per heavy atom. The maximum absolute atomic E-state index is 10.6.